The van der Waals surface area contributed by atoms with Crippen LogP contribution in [0.25, 0.3) is 5.69 Å². The Morgan fingerprint density at radius 2 is 1.83 bits per heavy atom. The van der Waals surface area contributed by atoms with Gasteiger partial charge in [-0.15, -0.1) is 0 Å². The Kier molecular flexibility index (Phi) is 3.62. The van der Waals surface area contributed by atoms with Gasteiger partial charge in [-0.2, -0.15) is 0 Å². The Labute approximate surface area is 148 Å². The van der Waals surface area contributed by atoms with Crippen molar-refractivity contribution in [1.82, 2.24) is 9.55 Å². The summed E-state index contributed by atoms with van der Waals surface area (Å²) < 4.78 is 2.97. The summed E-state index contributed by atoms with van der Waals surface area (Å²) in [5.74, 6) is 0.555. The number of benzene rings is 2. The maximum absolute atomic E-state index is 10.7. The van der Waals surface area contributed by atoms with Crippen LogP contribution in [-0.2, 0) is 0 Å². The van der Waals surface area contributed by atoms with Gasteiger partial charge in [0, 0.05) is 21.3 Å². The highest BCUT2D eigenvalue weighted by molar-refractivity contribution is 9.10. The van der Waals surface area contributed by atoms with Gasteiger partial charge in [-0.1, -0.05) is 46.3 Å². The van der Waals surface area contributed by atoms with Crippen molar-refractivity contribution in [2.45, 2.75) is 20.1 Å². The zero-order chi connectivity index (χ0) is 16.8. The number of rotatable bonds is 1. The van der Waals surface area contributed by atoms with Gasteiger partial charge in [-0.3, -0.25) is 4.57 Å². The molecule has 0 aliphatic carbocycles. The van der Waals surface area contributed by atoms with E-state index in [9.17, 15) is 5.11 Å². The summed E-state index contributed by atoms with van der Waals surface area (Å²) in [5.41, 5.74) is 5.59. The standard InChI is InChI=1S/C19H16BrN3O/c1-11-12(2)23-16-9-8-14(20)10-15(16)17(13-6-4-3-5-7-13)22-19(24)18(23)21-11/h3-10,19,24H,1-2H3. The van der Waals surface area contributed by atoms with Crippen LogP contribution < -0.4 is 0 Å². The van der Waals surface area contributed by atoms with Crippen molar-refractivity contribution >= 4 is 21.6 Å². The molecule has 0 bridgehead atoms. The molecule has 0 radical (unpaired) electrons. The van der Waals surface area contributed by atoms with Gasteiger partial charge >= 0.3 is 0 Å². The predicted octanol–water partition coefficient (Wildman–Crippen LogP) is 4.09. The molecule has 24 heavy (non-hydrogen) atoms. The maximum Gasteiger partial charge on any atom is 0.205 e. The lowest BCUT2D eigenvalue weighted by Gasteiger charge is -2.13. The van der Waals surface area contributed by atoms with Crippen LogP contribution in [0.1, 0.15) is 34.6 Å². The van der Waals surface area contributed by atoms with Gasteiger partial charge in [-0.05, 0) is 32.0 Å². The Bertz CT molecular complexity index is 960. The van der Waals surface area contributed by atoms with Crippen LogP contribution in [0.15, 0.2) is 58.0 Å². The van der Waals surface area contributed by atoms with Crippen molar-refractivity contribution in [3.05, 3.63) is 81.3 Å². The Balaban J connectivity index is 2.07. The van der Waals surface area contributed by atoms with Gasteiger partial charge < -0.3 is 5.11 Å². The zero-order valence-electron chi connectivity index (χ0n) is 13.4. The van der Waals surface area contributed by atoms with Crippen LogP contribution in [0.3, 0.4) is 0 Å². The van der Waals surface area contributed by atoms with Crippen LogP contribution in [0.5, 0.6) is 0 Å². The predicted molar refractivity (Wildman–Crippen MR) is 97.8 cm³/mol. The van der Waals surface area contributed by atoms with E-state index >= 15 is 0 Å². The van der Waals surface area contributed by atoms with Crippen molar-refractivity contribution in [2.24, 2.45) is 4.99 Å². The molecule has 0 saturated carbocycles. The summed E-state index contributed by atoms with van der Waals surface area (Å²) in [6.07, 6.45) is -1.00. The van der Waals surface area contributed by atoms with Gasteiger partial charge in [0.05, 0.1) is 17.1 Å². The average Bonchev–Trinajstić information content (AvgIpc) is 2.82. The third-order valence-electron chi connectivity index (χ3n) is 4.35. The van der Waals surface area contributed by atoms with Crippen LogP contribution >= 0.6 is 15.9 Å². The number of nitrogens with zero attached hydrogens (tertiary/aromatic N) is 3. The van der Waals surface area contributed by atoms with Crippen molar-refractivity contribution in [2.75, 3.05) is 0 Å². The van der Waals surface area contributed by atoms with Crippen molar-refractivity contribution in [3.8, 4) is 5.69 Å². The molecule has 1 atom stereocenters. The molecule has 1 aliphatic rings. The van der Waals surface area contributed by atoms with E-state index in [1.165, 1.54) is 0 Å². The largest absolute Gasteiger partial charge is 0.365 e. The van der Waals surface area contributed by atoms with E-state index in [0.29, 0.717) is 5.82 Å². The molecule has 0 saturated heterocycles. The van der Waals surface area contributed by atoms with E-state index < -0.39 is 6.23 Å². The second-order valence-electron chi connectivity index (χ2n) is 5.86. The van der Waals surface area contributed by atoms with Gasteiger partial charge in [0.25, 0.3) is 0 Å². The normalized spacial score (nSPS) is 16.2. The molecule has 2 heterocycles. The topological polar surface area (TPSA) is 50.4 Å². The molecule has 0 amide bonds. The highest BCUT2D eigenvalue weighted by Gasteiger charge is 2.27. The molecule has 1 N–H and O–H groups in total. The summed E-state index contributed by atoms with van der Waals surface area (Å²) in [4.78, 5) is 9.13. The summed E-state index contributed by atoms with van der Waals surface area (Å²) in [5, 5.41) is 10.7. The number of imidazole rings is 1. The minimum Gasteiger partial charge on any atom is -0.365 e. The monoisotopic (exact) mass is 381 g/mol. The Morgan fingerprint density at radius 3 is 2.58 bits per heavy atom. The lowest BCUT2D eigenvalue weighted by molar-refractivity contribution is 0.177. The molecule has 1 unspecified atom stereocenters. The van der Waals surface area contributed by atoms with Crippen molar-refractivity contribution < 1.29 is 5.11 Å². The fourth-order valence-corrected chi connectivity index (χ4v) is 3.44. The van der Waals surface area contributed by atoms with E-state index in [2.05, 4.69) is 25.9 Å². The van der Waals surface area contributed by atoms with Gasteiger partial charge in [-0.25, -0.2) is 9.98 Å². The molecule has 5 heteroatoms. The van der Waals surface area contributed by atoms with E-state index in [0.717, 1.165) is 38.4 Å². The average molecular weight is 382 g/mol. The number of hydrogen-bond acceptors (Lipinski definition) is 3. The van der Waals surface area contributed by atoms with Crippen LogP contribution in [-0.4, -0.2) is 20.4 Å². The minimum atomic E-state index is -1.00. The highest BCUT2D eigenvalue weighted by Crippen LogP contribution is 2.32. The summed E-state index contributed by atoms with van der Waals surface area (Å²) in [7, 11) is 0. The molecule has 120 valence electrons. The van der Waals surface area contributed by atoms with Crippen LogP contribution in [0.2, 0.25) is 0 Å². The second kappa shape index (κ2) is 5.69. The van der Waals surface area contributed by atoms with Gasteiger partial charge in [0.2, 0.25) is 6.23 Å². The van der Waals surface area contributed by atoms with Crippen molar-refractivity contribution in [3.63, 3.8) is 0 Å². The summed E-state index contributed by atoms with van der Waals surface area (Å²) >= 11 is 3.55. The quantitative estimate of drug-likeness (QED) is 0.689. The molecule has 0 spiro atoms. The fraction of sp³-hybridized carbons (Fsp3) is 0.158. The first-order chi connectivity index (χ1) is 11.6. The molecule has 3 aromatic rings. The van der Waals surface area contributed by atoms with Crippen LogP contribution in [0.4, 0.5) is 0 Å². The Morgan fingerprint density at radius 1 is 1.08 bits per heavy atom. The number of halogens is 1. The third-order valence-corrected chi connectivity index (χ3v) is 4.85. The first kappa shape index (κ1) is 15.3. The third kappa shape index (κ3) is 2.32. The molecular weight excluding hydrogens is 366 g/mol. The zero-order valence-corrected chi connectivity index (χ0v) is 14.9. The van der Waals surface area contributed by atoms with E-state index in [1.807, 2.05) is 66.9 Å². The molecule has 1 aromatic heterocycles. The number of aryl methyl sites for hydroxylation is 1. The first-order valence-corrected chi connectivity index (χ1v) is 8.53. The van der Waals surface area contributed by atoms with Crippen molar-refractivity contribution in [1.29, 1.82) is 0 Å². The molecule has 2 aromatic carbocycles. The van der Waals surface area contributed by atoms with E-state index in [4.69, 9.17) is 0 Å². The second-order valence-corrected chi connectivity index (χ2v) is 6.77. The van der Waals surface area contributed by atoms with Gasteiger partial charge in [0.15, 0.2) is 5.82 Å². The summed E-state index contributed by atoms with van der Waals surface area (Å²) in [6, 6.07) is 16.0. The van der Waals surface area contributed by atoms with E-state index in [1.54, 1.807) is 0 Å². The number of aliphatic hydroxyl groups is 1. The number of aliphatic hydroxyl groups excluding tert-OH is 1. The van der Waals surface area contributed by atoms with E-state index in [-0.39, 0.29) is 0 Å². The van der Waals surface area contributed by atoms with Gasteiger partial charge in [0.1, 0.15) is 0 Å². The fourth-order valence-electron chi connectivity index (χ4n) is 3.08. The molecule has 0 fully saturated rings. The smallest absolute Gasteiger partial charge is 0.205 e. The van der Waals surface area contributed by atoms with Crippen LogP contribution in [0, 0.1) is 13.8 Å². The molecule has 1 aliphatic heterocycles. The molecule has 4 rings (SSSR count). The number of aliphatic imine (C=N–C) groups is 1. The summed E-state index contributed by atoms with van der Waals surface area (Å²) in [6.45, 7) is 3.96. The maximum atomic E-state index is 10.7. The SMILES string of the molecule is Cc1nc2n(c1C)-c1ccc(Br)cc1C(c1ccccc1)=NC2O. The highest BCUT2D eigenvalue weighted by atomic mass is 79.9. The molecular formula is C19H16BrN3O. The first-order valence-electron chi connectivity index (χ1n) is 7.73. The molecule has 4 nitrogen and oxygen atoms in total. The Hall–Kier alpha value is -2.24. The lowest BCUT2D eigenvalue weighted by atomic mass is 10.0. The lowest BCUT2D eigenvalue weighted by Crippen LogP contribution is -2.08. The number of aromatic nitrogens is 2. The number of fused-ring (bicyclic) bond motifs is 3. The number of hydrogen-bond donors (Lipinski definition) is 1. The minimum absolute atomic E-state index is 0.555.